The van der Waals surface area contributed by atoms with Crippen molar-refractivity contribution in [3.8, 4) is 56.7 Å². The molecule has 3 aromatic heterocycles. The molecule has 0 saturated heterocycles. The third kappa shape index (κ3) is 5.15. The molecule has 0 aliphatic rings. The minimum Gasteiger partial charge on any atom is -0.253 e. The van der Waals surface area contributed by atoms with Gasteiger partial charge in [0.2, 0.25) is 0 Å². The molecule has 10 rings (SSSR count). The lowest BCUT2D eigenvalue weighted by molar-refractivity contribution is 1.18. The number of fused-ring (bicyclic) bond motifs is 5. The van der Waals surface area contributed by atoms with Crippen molar-refractivity contribution in [2.45, 2.75) is 0 Å². The first-order valence-corrected chi connectivity index (χ1v) is 17.3. The number of aromatic nitrogens is 5. The Bertz CT molecular complexity index is 2850. The summed E-state index contributed by atoms with van der Waals surface area (Å²) in [6.45, 7) is 0. The Morgan fingerprint density at radius 1 is 0.327 bits per heavy atom. The molecule has 0 radical (unpaired) electrons. The Kier molecular flexibility index (Phi) is 7.07. The van der Waals surface area contributed by atoms with Crippen LogP contribution < -0.4 is 0 Å². The lowest BCUT2D eigenvalue weighted by atomic mass is 9.97. The van der Waals surface area contributed by atoms with E-state index in [1.165, 1.54) is 10.8 Å². The van der Waals surface area contributed by atoms with Gasteiger partial charge in [-0.05, 0) is 57.3 Å². The normalized spacial score (nSPS) is 11.5. The first kappa shape index (κ1) is 29.8. The van der Waals surface area contributed by atoms with Gasteiger partial charge in [0, 0.05) is 39.2 Å². The second-order valence-corrected chi connectivity index (χ2v) is 12.9. The SMILES string of the molecule is c1ccc(-c2nc(-c3ccccn3)nc3c2ccc2ccc(-c4nc(-c5cccc6ccccc56)cc(-c5cccc6ccccc56)n4)cc23)cc1. The fourth-order valence-electron chi connectivity index (χ4n) is 7.23. The van der Waals surface area contributed by atoms with Crippen molar-refractivity contribution >= 4 is 43.2 Å². The van der Waals surface area contributed by atoms with Gasteiger partial charge in [-0.15, -0.1) is 0 Å². The minimum absolute atomic E-state index is 0.581. The predicted octanol–water partition coefficient (Wildman–Crippen LogP) is 11.6. The van der Waals surface area contributed by atoms with Gasteiger partial charge in [-0.2, -0.15) is 0 Å². The summed E-state index contributed by atoms with van der Waals surface area (Å²) in [5.74, 6) is 1.23. The number of hydrogen-bond donors (Lipinski definition) is 0. The molecule has 52 heavy (non-hydrogen) atoms. The van der Waals surface area contributed by atoms with Gasteiger partial charge in [-0.3, -0.25) is 4.98 Å². The number of benzene rings is 7. The van der Waals surface area contributed by atoms with Gasteiger partial charge in [0.25, 0.3) is 0 Å². The van der Waals surface area contributed by atoms with Crippen LogP contribution in [-0.4, -0.2) is 24.9 Å². The van der Waals surface area contributed by atoms with Crippen molar-refractivity contribution in [1.82, 2.24) is 24.9 Å². The quantitative estimate of drug-likeness (QED) is 0.171. The van der Waals surface area contributed by atoms with E-state index in [-0.39, 0.29) is 0 Å². The third-order valence-electron chi connectivity index (χ3n) is 9.74. The van der Waals surface area contributed by atoms with Gasteiger partial charge < -0.3 is 0 Å². The summed E-state index contributed by atoms with van der Waals surface area (Å²) < 4.78 is 0. The highest BCUT2D eigenvalue weighted by Gasteiger charge is 2.18. The standard InChI is InChI=1S/C47H29N5/c1-2-14-33(15-3-1)44-39-26-25-32-23-24-34(28-40(32)45(39)52-47(51-44)41-22-8-9-27-48-41)46-49-42(37-20-10-16-30-12-4-6-18-35(30)37)29-43(50-46)38-21-11-17-31-13-5-7-19-36(31)38/h1-29H. The summed E-state index contributed by atoms with van der Waals surface area (Å²) in [6, 6.07) is 58.6. The van der Waals surface area contributed by atoms with E-state index in [1.807, 2.05) is 36.4 Å². The highest BCUT2D eigenvalue weighted by molar-refractivity contribution is 6.10. The molecule has 7 aromatic carbocycles. The van der Waals surface area contributed by atoms with Crippen LogP contribution in [0, 0.1) is 0 Å². The number of rotatable bonds is 5. The first-order chi connectivity index (χ1) is 25.8. The van der Waals surface area contributed by atoms with Crippen LogP contribution in [-0.2, 0) is 0 Å². The molecule has 0 fully saturated rings. The molecule has 242 valence electrons. The molecular weight excluding hydrogens is 635 g/mol. The maximum absolute atomic E-state index is 5.29. The first-order valence-electron chi connectivity index (χ1n) is 17.3. The number of pyridine rings is 1. The van der Waals surface area contributed by atoms with E-state index in [0.717, 1.165) is 77.5 Å². The van der Waals surface area contributed by atoms with Crippen LogP contribution in [0.2, 0.25) is 0 Å². The molecule has 5 nitrogen and oxygen atoms in total. The summed E-state index contributed by atoms with van der Waals surface area (Å²) in [6.07, 6.45) is 1.78. The maximum Gasteiger partial charge on any atom is 0.179 e. The maximum atomic E-state index is 5.29. The van der Waals surface area contributed by atoms with Crippen LogP contribution in [0.15, 0.2) is 176 Å². The molecule has 0 N–H and O–H groups in total. The fourth-order valence-corrected chi connectivity index (χ4v) is 7.23. The van der Waals surface area contributed by atoms with Crippen molar-refractivity contribution in [2.24, 2.45) is 0 Å². The van der Waals surface area contributed by atoms with Crippen molar-refractivity contribution in [2.75, 3.05) is 0 Å². The molecule has 0 saturated carbocycles. The predicted molar refractivity (Wildman–Crippen MR) is 213 cm³/mol. The van der Waals surface area contributed by atoms with Crippen molar-refractivity contribution in [3.05, 3.63) is 176 Å². The Morgan fingerprint density at radius 3 is 1.63 bits per heavy atom. The van der Waals surface area contributed by atoms with Crippen LogP contribution in [0.3, 0.4) is 0 Å². The molecule has 5 heteroatoms. The summed E-state index contributed by atoms with van der Waals surface area (Å²) in [4.78, 5) is 25.4. The highest BCUT2D eigenvalue weighted by atomic mass is 14.9. The van der Waals surface area contributed by atoms with Gasteiger partial charge in [0.05, 0.1) is 22.6 Å². The number of hydrogen-bond acceptors (Lipinski definition) is 5. The van der Waals surface area contributed by atoms with E-state index in [2.05, 4.69) is 138 Å². The van der Waals surface area contributed by atoms with Gasteiger partial charge >= 0.3 is 0 Å². The van der Waals surface area contributed by atoms with E-state index < -0.39 is 0 Å². The number of nitrogens with zero attached hydrogens (tertiary/aromatic N) is 5. The molecule has 0 aliphatic carbocycles. The minimum atomic E-state index is 0.581. The molecular formula is C47H29N5. The van der Waals surface area contributed by atoms with Crippen molar-refractivity contribution in [1.29, 1.82) is 0 Å². The average Bonchev–Trinajstić information content (AvgIpc) is 3.23. The van der Waals surface area contributed by atoms with Crippen LogP contribution >= 0.6 is 0 Å². The average molecular weight is 664 g/mol. The van der Waals surface area contributed by atoms with E-state index in [4.69, 9.17) is 19.9 Å². The highest BCUT2D eigenvalue weighted by Crippen LogP contribution is 2.37. The topological polar surface area (TPSA) is 64.5 Å². The second kappa shape index (κ2) is 12.3. The van der Waals surface area contributed by atoms with Gasteiger partial charge in [0.15, 0.2) is 11.6 Å². The molecule has 3 heterocycles. The van der Waals surface area contributed by atoms with Crippen molar-refractivity contribution in [3.63, 3.8) is 0 Å². The zero-order chi connectivity index (χ0) is 34.4. The smallest absolute Gasteiger partial charge is 0.179 e. The van der Waals surface area contributed by atoms with Crippen LogP contribution in [0.5, 0.6) is 0 Å². The van der Waals surface area contributed by atoms with E-state index in [1.54, 1.807) is 6.20 Å². The van der Waals surface area contributed by atoms with E-state index in [9.17, 15) is 0 Å². The zero-order valence-electron chi connectivity index (χ0n) is 28.0. The van der Waals surface area contributed by atoms with Crippen LogP contribution in [0.25, 0.3) is 99.9 Å². The molecule has 0 unspecified atom stereocenters. The second-order valence-electron chi connectivity index (χ2n) is 12.9. The molecule has 0 amide bonds. The van der Waals surface area contributed by atoms with E-state index >= 15 is 0 Å². The fraction of sp³-hybridized carbons (Fsp3) is 0. The monoisotopic (exact) mass is 663 g/mol. The Balaban J connectivity index is 1.24. The lowest BCUT2D eigenvalue weighted by Crippen LogP contribution is -1.98. The summed E-state index contributed by atoms with van der Waals surface area (Å²) in [5, 5.41) is 7.67. The molecule has 0 atom stereocenters. The molecule has 0 aliphatic heterocycles. The van der Waals surface area contributed by atoms with Crippen LogP contribution in [0.4, 0.5) is 0 Å². The zero-order valence-corrected chi connectivity index (χ0v) is 28.0. The summed E-state index contributed by atoms with van der Waals surface area (Å²) >= 11 is 0. The summed E-state index contributed by atoms with van der Waals surface area (Å²) in [5.41, 5.74) is 8.24. The molecule has 10 aromatic rings. The lowest BCUT2D eigenvalue weighted by Gasteiger charge is -2.14. The van der Waals surface area contributed by atoms with Gasteiger partial charge in [0.1, 0.15) is 5.69 Å². The summed E-state index contributed by atoms with van der Waals surface area (Å²) in [7, 11) is 0. The largest absolute Gasteiger partial charge is 0.253 e. The van der Waals surface area contributed by atoms with Crippen LogP contribution in [0.1, 0.15) is 0 Å². The Morgan fingerprint density at radius 2 is 0.942 bits per heavy atom. The third-order valence-corrected chi connectivity index (χ3v) is 9.74. The van der Waals surface area contributed by atoms with Gasteiger partial charge in [-0.25, -0.2) is 19.9 Å². The van der Waals surface area contributed by atoms with E-state index in [0.29, 0.717) is 11.6 Å². The van der Waals surface area contributed by atoms with Gasteiger partial charge in [-0.1, -0.05) is 140 Å². The Labute approximate surface area is 300 Å². The van der Waals surface area contributed by atoms with Crippen molar-refractivity contribution < 1.29 is 0 Å². The molecule has 0 spiro atoms. The Hall–Kier alpha value is -7.11. The molecule has 0 bridgehead atoms.